The minimum absolute atomic E-state index is 0.160. The topological polar surface area (TPSA) is 94.9 Å². The Labute approximate surface area is 158 Å². The minimum atomic E-state index is -0.434. The number of nitrogens with one attached hydrogen (secondary N) is 2. The largest absolute Gasteiger partial charge is 0.467 e. The maximum atomic E-state index is 12.3. The number of aryl methyl sites for hydroxylation is 1. The van der Waals surface area contributed by atoms with Crippen molar-refractivity contribution in [1.29, 1.82) is 0 Å². The van der Waals surface area contributed by atoms with Gasteiger partial charge in [0.1, 0.15) is 12.3 Å². The molecule has 0 aliphatic carbocycles. The van der Waals surface area contributed by atoms with E-state index in [4.69, 9.17) is 4.42 Å². The maximum Gasteiger partial charge on any atom is 0.320 e. The van der Waals surface area contributed by atoms with E-state index >= 15 is 0 Å². The van der Waals surface area contributed by atoms with E-state index in [2.05, 4.69) is 10.6 Å². The third kappa shape index (κ3) is 6.50. The van der Waals surface area contributed by atoms with Crippen LogP contribution < -0.4 is 10.6 Å². The smallest absolute Gasteiger partial charge is 0.320 e. The third-order valence-electron chi connectivity index (χ3n) is 3.66. The zero-order chi connectivity index (χ0) is 19.8. The highest BCUT2D eigenvalue weighted by atomic mass is 16.3. The molecular weight excluding hydrogens is 348 g/mol. The molecule has 0 saturated heterocycles. The van der Waals surface area contributed by atoms with Crippen molar-refractivity contribution in [2.24, 2.45) is 0 Å². The molecule has 0 aliphatic heterocycles. The molecule has 0 saturated carbocycles. The highest BCUT2D eigenvalue weighted by Gasteiger charge is 2.20. The molecule has 0 unspecified atom stereocenters. The predicted molar refractivity (Wildman–Crippen MR) is 101 cm³/mol. The molecule has 1 aromatic carbocycles. The number of furan rings is 1. The van der Waals surface area contributed by atoms with Crippen molar-refractivity contribution in [3.8, 4) is 0 Å². The number of amides is 4. The second kappa shape index (κ2) is 9.42. The van der Waals surface area contributed by atoms with E-state index in [0.717, 1.165) is 5.56 Å². The van der Waals surface area contributed by atoms with Crippen LogP contribution in [-0.4, -0.2) is 54.8 Å². The van der Waals surface area contributed by atoms with Gasteiger partial charge >= 0.3 is 6.03 Å². The molecule has 144 valence electrons. The summed E-state index contributed by atoms with van der Waals surface area (Å²) < 4.78 is 5.24. The molecule has 0 atom stereocenters. The van der Waals surface area contributed by atoms with Gasteiger partial charge in [0.15, 0.2) is 0 Å². The number of rotatable bonds is 7. The molecule has 1 aromatic heterocycles. The van der Waals surface area contributed by atoms with Gasteiger partial charge in [0.25, 0.3) is 0 Å². The van der Waals surface area contributed by atoms with E-state index in [1.807, 2.05) is 25.1 Å². The van der Waals surface area contributed by atoms with Crippen molar-refractivity contribution in [1.82, 2.24) is 15.1 Å². The fourth-order valence-corrected chi connectivity index (χ4v) is 2.40. The lowest BCUT2D eigenvalue weighted by atomic mass is 10.2. The van der Waals surface area contributed by atoms with Crippen LogP contribution in [0.2, 0.25) is 0 Å². The molecule has 27 heavy (non-hydrogen) atoms. The average molecular weight is 372 g/mol. The van der Waals surface area contributed by atoms with Gasteiger partial charge in [-0.3, -0.25) is 9.59 Å². The first-order valence-corrected chi connectivity index (χ1v) is 8.47. The van der Waals surface area contributed by atoms with Gasteiger partial charge in [-0.1, -0.05) is 12.1 Å². The Bertz CT molecular complexity index is 787. The fourth-order valence-electron chi connectivity index (χ4n) is 2.40. The summed E-state index contributed by atoms with van der Waals surface area (Å²) in [5.74, 6) is -0.211. The van der Waals surface area contributed by atoms with E-state index in [1.165, 1.54) is 16.1 Å². The highest BCUT2D eigenvalue weighted by molar-refractivity contribution is 5.95. The van der Waals surface area contributed by atoms with Gasteiger partial charge in [-0.25, -0.2) is 4.79 Å². The van der Waals surface area contributed by atoms with Gasteiger partial charge in [0, 0.05) is 19.8 Å². The Morgan fingerprint density at radius 2 is 1.85 bits per heavy atom. The zero-order valence-corrected chi connectivity index (χ0v) is 15.7. The maximum absolute atomic E-state index is 12.3. The van der Waals surface area contributed by atoms with Crippen molar-refractivity contribution in [2.75, 3.05) is 32.5 Å². The Balaban J connectivity index is 1.87. The number of carbonyl (C=O) groups excluding carboxylic acids is 3. The first-order valence-electron chi connectivity index (χ1n) is 8.47. The molecule has 2 aromatic rings. The summed E-state index contributed by atoms with van der Waals surface area (Å²) in [4.78, 5) is 39.2. The lowest BCUT2D eigenvalue weighted by molar-refractivity contribution is -0.124. The molecule has 4 amide bonds. The van der Waals surface area contributed by atoms with Gasteiger partial charge in [-0.05, 0) is 36.8 Å². The number of benzene rings is 1. The average Bonchev–Trinajstić information content (AvgIpc) is 3.12. The first kappa shape index (κ1) is 20.0. The van der Waals surface area contributed by atoms with Gasteiger partial charge < -0.3 is 24.9 Å². The molecule has 0 bridgehead atoms. The lowest BCUT2D eigenvalue weighted by Gasteiger charge is -2.24. The summed E-state index contributed by atoms with van der Waals surface area (Å²) in [6.07, 6.45) is 1.50. The van der Waals surface area contributed by atoms with Crippen LogP contribution >= 0.6 is 0 Å². The van der Waals surface area contributed by atoms with Crippen LogP contribution in [0.15, 0.2) is 47.1 Å². The van der Waals surface area contributed by atoms with Gasteiger partial charge in [-0.2, -0.15) is 0 Å². The summed E-state index contributed by atoms with van der Waals surface area (Å²) >= 11 is 0. The fraction of sp³-hybridized carbons (Fsp3) is 0.316. The molecule has 0 fully saturated rings. The number of hydrogen-bond acceptors (Lipinski definition) is 4. The van der Waals surface area contributed by atoms with Crippen molar-refractivity contribution in [2.45, 2.75) is 13.5 Å². The number of hydrogen-bond donors (Lipinski definition) is 2. The van der Waals surface area contributed by atoms with Crippen molar-refractivity contribution >= 4 is 23.5 Å². The molecule has 0 aliphatic rings. The van der Waals surface area contributed by atoms with Crippen LogP contribution in [0.4, 0.5) is 10.5 Å². The number of carbonyl (C=O) groups is 3. The Morgan fingerprint density at radius 3 is 2.48 bits per heavy atom. The minimum Gasteiger partial charge on any atom is -0.467 e. The quantitative estimate of drug-likeness (QED) is 0.775. The SMILES string of the molecule is Cc1cccc(NC(=O)CNC(=O)CN(Cc2ccco2)C(=O)N(C)C)c1. The molecule has 1 heterocycles. The van der Waals surface area contributed by atoms with E-state index in [0.29, 0.717) is 11.4 Å². The van der Waals surface area contributed by atoms with E-state index in [-0.39, 0.29) is 31.6 Å². The first-order chi connectivity index (χ1) is 12.8. The number of nitrogens with zero attached hydrogens (tertiary/aromatic N) is 2. The molecule has 2 N–H and O–H groups in total. The van der Waals surface area contributed by atoms with Crippen LogP contribution in [0.3, 0.4) is 0 Å². The van der Waals surface area contributed by atoms with E-state index < -0.39 is 5.91 Å². The normalized spacial score (nSPS) is 10.2. The highest BCUT2D eigenvalue weighted by Crippen LogP contribution is 2.09. The van der Waals surface area contributed by atoms with Crippen LogP contribution in [-0.2, 0) is 16.1 Å². The molecule has 8 nitrogen and oxygen atoms in total. The standard InChI is InChI=1S/C19H24N4O4/c1-14-6-4-7-15(10-14)21-17(24)11-20-18(25)13-23(19(26)22(2)3)12-16-8-5-9-27-16/h4-10H,11-13H2,1-3H3,(H,20,25)(H,21,24). The van der Waals surface area contributed by atoms with Crippen LogP contribution in [0.1, 0.15) is 11.3 Å². The summed E-state index contributed by atoms with van der Waals surface area (Å²) in [6, 6.07) is 10.5. The van der Waals surface area contributed by atoms with Gasteiger partial charge in [0.2, 0.25) is 11.8 Å². The van der Waals surface area contributed by atoms with E-state index in [9.17, 15) is 14.4 Å². The van der Waals surface area contributed by atoms with E-state index in [1.54, 1.807) is 32.3 Å². The van der Waals surface area contributed by atoms with Crippen LogP contribution in [0.25, 0.3) is 0 Å². The monoisotopic (exact) mass is 372 g/mol. The zero-order valence-electron chi connectivity index (χ0n) is 15.7. The molecular formula is C19H24N4O4. The van der Waals surface area contributed by atoms with Crippen molar-refractivity contribution in [3.63, 3.8) is 0 Å². The summed E-state index contributed by atoms with van der Waals surface area (Å²) in [7, 11) is 3.20. The molecule has 8 heteroatoms. The van der Waals surface area contributed by atoms with Crippen molar-refractivity contribution < 1.29 is 18.8 Å². The lowest BCUT2D eigenvalue weighted by Crippen LogP contribution is -2.45. The third-order valence-corrected chi connectivity index (χ3v) is 3.66. The molecule has 2 rings (SSSR count). The molecule has 0 spiro atoms. The Hall–Kier alpha value is -3.29. The Morgan fingerprint density at radius 1 is 1.07 bits per heavy atom. The molecule has 0 radical (unpaired) electrons. The van der Waals surface area contributed by atoms with Crippen LogP contribution in [0.5, 0.6) is 0 Å². The number of urea groups is 1. The second-order valence-corrected chi connectivity index (χ2v) is 6.31. The summed E-state index contributed by atoms with van der Waals surface area (Å²) in [6.45, 7) is 1.71. The van der Waals surface area contributed by atoms with Gasteiger partial charge in [-0.15, -0.1) is 0 Å². The van der Waals surface area contributed by atoms with Gasteiger partial charge in [0.05, 0.1) is 19.4 Å². The summed E-state index contributed by atoms with van der Waals surface area (Å²) in [5.41, 5.74) is 1.68. The predicted octanol–water partition coefficient (Wildman–Crippen LogP) is 1.83. The number of anilines is 1. The Kier molecular flexibility index (Phi) is 6.99. The summed E-state index contributed by atoms with van der Waals surface area (Å²) in [5, 5.41) is 5.24. The second-order valence-electron chi connectivity index (χ2n) is 6.31. The van der Waals surface area contributed by atoms with Crippen LogP contribution in [0, 0.1) is 6.92 Å². The van der Waals surface area contributed by atoms with Crippen molar-refractivity contribution in [3.05, 3.63) is 54.0 Å².